The number of primary amides is 1. The molecule has 27 heavy (non-hydrogen) atoms. The van der Waals surface area contributed by atoms with Gasteiger partial charge in [0.2, 0.25) is 11.8 Å². The first-order chi connectivity index (χ1) is 12.7. The highest BCUT2D eigenvalue weighted by atomic mass is 32.2. The predicted octanol–water partition coefficient (Wildman–Crippen LogP) is 2.12. The fourth-order valence-corrected chi connectivity index (χ4v) is 3.15. The Morgan fingerprint density at radius 3 is 2.74 bits per heavy atom. The van der Waals surface area contributed by atoms with Gasteiger partial charge in [-0.1, -0.05) is 18.7 Å². The van der Waals surface area contributed by atoms with Crippen LogP contribution in [0.3, 0.4) is 0 Å². The molecule has 0 spiro atoms. The highest BCUT2D eigenvalue weighted by molar-refractivity contribution is 8.00. The largest absolute Gasteiger partial charge is 0.467 e. The number of aromatic nitrogens is 3. The predicted molar refractivity (Wildman–Crippen MR) is 103 cm³/mol. The summed E-state index contributed by atoms with van der Waals surface area (Å²) in [6.45, 7) is 8.27. The molecule has 0 bridgehead atoms. The van der Waals surface area contributed by atoms with E-state index in [2.05, 4.69) is 15.5 Å². The quantitative estimate of drug-likeness (QED) is 0.597. The minimum Gasteiger partial charge on any atom is -0.467 e. The van der Waals surface area contributed by atoms with E-state index in [9.17, 15) is 9.59 Å². The van der Waals surface area contributed by atoms with E-state index in [1.54, 1.807) is 12.3 Å². The molecule has 0 aliphatic rings. The summed E-state index contributed by atoms with van der Waals surface area (Å²) in [7, 11) is 0. The van der Waals surface area contributed by atoms with Crippen LogP contribution in [0.25, 0.3) is 0 Å². The first-order valence-corrected chi connectivity index (χ1v) is 9.81. The average Bonchev–Trinajstić information content (AvgIpc) is 3.24. The van der Waals surface area contributed by atoms with Crippen LogP contribution in [0.4, 0.5) is 0 Å². The molecule has 0 saturated heterocycles. The number of aryl methyl sites for hydroxylation is 1. The minimum atomic E-state index is -0.397. The molecule has 2 amide bonds. The van der Waals surface area contributed by atoms with E-state index in [1.807, 2.05) is 38.3 Å². The number of amides is 2. The van der Waals surface area contributed by atoms with Crippen LogP contribution in [-0.4, -0.2) is 37.4 Å². The second-order valence-electron chi connectivity index (χ2n) is 7.02. The fourth-order valence-electron chi connectivity index (χ4n) is 2.28. The molecule has 9 heteroatoms. The van der Waals surface area contributed by atoms with Crippen LogP contribution >= 0.6 is 11.8 Å². The van der Waals surface area contributed by atoms with E-state index < -0.39 is 5.91 Å². The van der Waals surface area contributed by atoms with E-state index >= 15 is 0 Å². The van der Waals surface area contributed by atoms with Crippen LogP contribution in [-0.2, 0) is 22.6 Å². The van der Waals surface area contributed by atoms with E-state index in [0.29, 0.717) is 23.9 Å². The molecular formula is C18H27N5O3S. The lowest BCUT2D eigenvalue weighted by Crippen LogP contribution is -2.46. The maximum Gasteiger partial charge on any atom is 0.233 e. The second kappa shape index (κ2) is 9.07. The maximum atomic E-state index is 12.5. The van der Waals surface area contributed by atoms with Crippen LogP contribution in [0.5, 0.6) is 0 Å². The molecule has 1 unspecified atom stereocenters. The third kappa shape index (κ3) is 6.13. The van der Waals surface area contributed by atoms with Crippen molar-refractivity contribution >= 4 is 23.6 Å². The zero-order chi connectivity index (χ0) is 20.0. The molecule has 0 aliphatic heterocycles. The van der Waals surface area contributed by atoms with Gasteiger partial charge in [-0.2, -0.15) is 0 Å². The van der Waals surface area contributed by atoms with Crippen LogP contribution < -0.4 is 11.1 Å². The Morgan fingerprint density at radius 2 is 2.15 bits per heavy atom. The van der Waals surface area contributed by atoms with Crippen molar-refractivity contribution in [2.45, 2.75) is 69.4 Å². The van der Waals surface area contributed by atoms with E-state index in [4.69, 9.17) is 10.2 Å². The fraction of sp³-hybridized carbons (Fsp3) is 0.556. The van der Waals surface area contributed by atoms with Gasteiger partial charge in [-0.3, -0.25) is 14.2 Å². The average molecular weight is 394 g/mol. The normalized spacial score (nSPS) is 12.7. The van der Waals surface area contributed by atoms with Gasteiger partial charge in [0.1, 0.15) is 11.6 Å². The molecule has 3 N–H and O–H groups in total. The monoisotopic (exact) mass is 393 g/mol. The number of nitrogens with one attached hydrogen (secondary N) is 1. The molecule has 0 radical (unpaired) electrons. The molecule has 0 aromatic carbocycles. The van der Waals surface area contributed by atoms with Crippen LogP contribution in [0, 0.1) is 0 Å². The van der Waals surface area contributed by atoms with Gasteiger partial charge in [0.05, 0.1) is 18.1 Å². The van der Waals surface area contributed by atoms with Crippen molar-refractivity contribution < 1.29 is 14.0 Å². The van der Waals surface area contributed by atoms with Crippen molar-refractivity contribution in [1.29, 1.82) is 0 Å². The summed E-state index contributed by atoms with van der Waals surface area (Å²) in [5.74, 6) is 0.916. The van der Waals surface area contributed by atoms with Gasteiger partial charge >= 0.3 is 0 Å². The van der Waals surface area contributed by atoms with Crippen molar-refractivity contribution in [3.63, 3.8) is 0 Å². The number of nitrogens with two attached hydrogens (primary N) is 1. The molecule has 1 atom stereocenters. The lowest BCUT2D eigenvalue weighted by Gasteiger charge is -2.26. The number of hydrogen-bond acceptors (Lipinski definition) is 6. The lowest BCUT2D eigenvalue weighted by molar-refractivity contribution is -0.122. The summed E-state index contributed by atoms with van der Waals surface area (Å²) in [5.41, 5.74) is 4.99. The Morgan fingerprint density at radius 1 is 1.41 bits per heavy atom. The van der Waals surface area contributed by atoms with Gasteiger partial charge in [0, 0.05) is 18.4 Å². The zero-order valence-electron chi connectivity index (χ0n) is 16.2. The Kier molecular flexibility index (Phi) is 7.06. The third-order valence-electron chi connectivity index (χ3n) is 4.28. The molecule has 8 nitrogen and oxygen atoms in total. The summed E-state index contributed by atoms with van der Waals surface area (Å²) in [6.07, 6.45) is 3.00. The minimum absolute atomic E-state index is 0.0573. The molecule has 148 valence electrons. The van der Waals surface area contributed by atoms with Gasteiger partial charge in [0.25, 0.3) is 0 Å². The van der Waals surface area contributed by atoms with E-state index in [0.717, 1.165) is 12.2 Å². The first-order valence-electron chi connectivity index (χ1n) is 8.93. The molecule has 2 heterocycles. The molecule has 0 saturated carbocycles. The number of furan rings is 1. The summed E-state index contributed by atoms with van der Waals surface area (Å²) in [5, 5.41) is 11.7. The van der Waals surface area contributed by atoms with E-state index in [1.165, 1.54) is 11.8 Å². The van der Waals surface area contributed by atoms with Crippen molar-refractivity contribution in [3.05, 3.63) is 30.0 Å². The SMILES string of the molecule is CCC(C)(C)NC(=O)C(C)Sc1nnc(CCC(N)=O)n1Cc1ccco1. The Hall–Kier alpha value is -2.29. The number of rotatable bonds is 10. The van der Waals surface area contributed by atoms with Crippen LogP contribution in [0.1, 0.15) is 52.1 Å². The van der Waals surface area contributed by atoms with Crippen molar-refractivity contribution in [3.8, 4) is 0 Å². The number of carbonyl (C=O) groups excluding carboxylic acids is 2. The van der Waals surface area contributed by atoms with Gasteiger partial charge < -0.3 is 15.5 Å². The Bertz CT molecular complexity index is 770. The second-order valence-corrected chi connectivity index (χ2v) is 8.33. The zero-order valence-corrected chi connectivity index (χ0v) is 17.0. The smallest absolute Gasteiger partial charge is 0.233 e. The first kappa shape index (κ1) is 21.0. The summed E-state index contributed by atoms with van der Waals surface area (Å²) < 4.78 is 7.28. The molecule has 0 fully saturated rings. The third-order valence-corrected chi connectivity index (χ3v) is 5.36. The number of hydrogen-bond donors (Lipinski definition) is 2. The van der Waals surface area contributed by atoms with Crippen LogP contribution in [0.2, 0.25) is 0 Å². The summed E-state index contributed by atoms with van der Waals surface area (Å²) >= 11 is 1.33. The summed E-state index contributed by atoms with van der Waals surface area (Å²) in [6, 6.07) is 3.66. The molecule has 2 rings (SSSR count). The highest BCUT2D eigenvalue weighted by Crippen LogP contribution is 2.25. The Labute approximate surface area is 163 Å². The number of carbonyl (C=O) groups is 2. The van der Waals surface area contributed by atoms with Gasteiger partial charge in [0.15, 0.2) is 5.16 Å². The van der Waals surface area contributed by atoms with Gasteiger partial charge in [-0.05, 0) is 39.3 Å². The van der Waals surface area contributed by atoms with E-state index in [-0.39, 0.29) is 23.1 Å². The van der Waals surface area contributed by atoms with Crippen LogP contribution in [0.15, 0.2) is 28.0 Å². The lowest BCUT2D eigenvalue weighted by atomic mass is 10.0. The topological polar surface area (TPSA) is 116 Å². The van der Waals surface area contributed by atoms with Crippen molar-refractivity contribution in [2.75, 3.05) is 0 Å². The summed E-state index contributed by atoms with van der Waals surface area (Å²) in [4.78, 5) is 23.6. The van der Waals surface area contributed by atoms with Crippen molar-refractivity contribution in [2.24, 2.45) is 5.73 Å². The van der Waals surface area contributed by atoms with Gasteiger partial charge in [-0.25, -0.2) is 0 Å². The standard InChI is InChI=1S/C18H27N5O3S/c1-5-18(3,4)20-16(25)12(2)27-17-22-21-15(9-8-14(19)24)23(17)11-13-7-6-10-26-13/h6-7,10,12H,5,8-9,11H2,1-4H3,(H2,19,24)(H,20,25). The van der Waals surface area contributed by atoms with Crippen molar-refractivity contribution in [1.82, 2.24) is 20.1 Å². The Balaban J connectivity index is 2.17. The number of nitrogens with zero attached hydrogens (tertiary/aromatic N) is 3. The molecular weight excluding hydrogens is 366 g/mol. The molecule has 0 aliphatic carbocycles. The molecule has 2 aromatic heterocycles. The highest BCUT2D eigenvalue weighted by Gasteiger charge is 2.25. The molecule has 2 aromatic rings. The maximum absolute atomic E-state index is 12.5. The number of thioether (sulfide) groups is 1. The van der Waals surface area contributed by atoms with Gasteiger partial charge in [-0.15, -0.1) is 10.2 Å².